The maximum atomic E-state index is 12.9. The molecule has 0 spiro atoms. The summed E-state index contributed by atoms with van der Waals surface area (Å²) in [5, 5.41) is 0. The quantitative estimate of drug-likeness (QED) is 0.612. The summed E-state index contributed by atoms with van der Waals surface area (Å²) in [6, 6.07) is 3.91. The lowest BCUT2D eigenvalue weighted by Gasteiger charge is -2.03. The minimum absolute atomic E-state index is 0.216. The molecule has 1 amide bonds. The van der Waals surface area contributed by atoms with Crippen molar-refractivity contribution in [1.82, 2.24) is 4.90 Å². The summed E-state index contributed by atoms with van der Waals surface area (Å²) in [5.74, 6) is -0.934. The van der Waals surface area contributed by atoms with Gasteiger partial charge in [0.15, 0.2) is 0 Å². The molecule has 0 fully saturated rings. The maximum Gasteiger partial charge on any atom is 0.279 e. The summed E-state index contributed by atoms with van der Waals surface area (Å²) in [6.07, 6.45) is 1.37. The lowest BCUT2D eigenvalue weighted by molar-refractivity contribution is 0.100. The Hall–Kier alpha value is -1.23. The van der Waals surface area contributed by atoms with Gasteiger partial charge in [-0.1, -0.05) is 0 Å². The van der Waals surface area contributed by atoms with Gasteiger partial charge in [-0.05, 0) is 34.1 Å². The number of benzene rings is 1. The molecule has 1 aromatic carbocycles. The molecule has 0 saturated heterocycles. The summed E-state index contributed by atoms with van der Waals surface area (Å²) in [5.41, 5.74) is 0.216. The maximum absolute atomic E-state index is 12.9. The van der Waals surface area contributed by atoms with Crippen LogP contribution in [0.1, 0.15) is 10.4 Å². The fourth-order valence-corrected chi connectivity index (χ4v) is 1.32. The second kappa shape index (κ2) is 5.02. The number of halogens is 2. The van der Waals surface area contributed by atoms with Crippen LogP contribution in [0.25, 0.3) is 0 Å². The lowest BCUT2D eigenvalue weighted by Crippen LogP contribution is -2.10. The van der Waals surface area contributed by atoms with E-state index in [2.05, 4.69) is 20.9 Å². The van der Waals surface area contributed by atoms with E-state index in [0.717, 1.165) is 6.07 Å². The topological polar surface area (TPSA) is 32.7 Å². The zero-order valence-corrected chi connectivity index (χ0v) is 9.95. The molecule has 3 nitrogen and oxygen atoms in total. The predicted molar refractivity (Wildman–Crippen MR) is 60.6 cm³/mol. The van der Waals surface area contributed by atoms with E-state index >= 15 is 0 Å². The minimum atomic E-state index is -0.477. The largest absolute Gasteiger partial charge is 0.369 e. The minimum Gasteiger partial charge on any atom is -0.369 e. The van der Waals surface area contributed by atoms with Gasteiger partial charge in [-0.2, -0.15) is 4.99 Å². The Morgan fingerprint density at radius 2 is 2.20 bits per heavy atom. The first-order valence-electron chi connectivity index (χ1n) is 4.20. The highest BCUT2D eigenvalue weighted by molar-refractivity contribution is 9.10. The molecular weight excluding hydrogens is 263 g/mol. The van der Waals surface area contributed by atoms with E-state index in [1.165, 1.54) is 18.5 Å². The molecule has 0 aromatic heterocycles. The molecule has 1 aromatic rings. The Labute approximate surface area is 95.7 Å². The lowest BCUT2D eigenvalue weighted by atomic mass is 10.2. The fourth-order valence-electron chi connectivity index (χ4n) is 0.899. The van der Waals surface area contributed by atoms with Crippen molar-refractivity contribution in [3.63, 3.8) is 0 Å². The van der Waals surface area contributed by atoms with E-state index in [1.54, 1.807) is 19.0 Å². The highest BCUT2D eigenvalue weighted by Crippen LogP contribution is 2.18. The number of hydrogen-bond acceptors (Lipinski definition) is 1. The molecule has 0 aliphatic carbocycles. The van der Waals surface area contributed by atoms with E-state index in [0.29, 0.717) is 4.47 Å². The molecule has 80 valence electrons. The van der Waals surface area contributed by atoms with Crippen molar-refractivity contribution < 1.29 is 9.18 Å². The van der Waals surface area contributed by atoms with Gasteiger partial charge < -0.3 is 4.90 Å². The third kappa shape index (κ3) is 3.43. The molecule has 0 aliphatic rings. The first kappa shape index (κ1) is 11.8. The SMILES string of the molecule is CN(C)/C=N/C(=O)c1cc(F)ccc1Br. The second-order valence-electron chi connectivity index (χ2n) is 3.14. The molecule has 0 saturated carbocycles. The van der Waals surface area contributed by atoms with E-state index in [4.69, 9.17) is 0 Å². The summed E-state index contributed by atoms with van der Waals surface area (Å²) < 4.78 is 13.4. The number of carbonyl (C=O) groups is 1. The Balaban J connectivity index is 2.96. The van der Waals surface area contributed by atoms with Gasteiger partial charge in [0.25, 0.3) is 5.91 Å². The molecule has 15 heavy (non-hydrogen) atoms. The number of aliphatic imine (C=N–C) groups is 1. The second-order valence-corrected chi connectivity index (χ2v) is 3.99. The van der Waals surface area contributed by atoms with Gasteiger partial charge in [0.05, 0.1) is 11.9 Å². The van der Waals surface area contributed by atoms with E-state index < -0.39 is 11.7 Å². The molecule has 1 rings (SSSR count). The molecule has 0 aliphatic heterocycles. The van der Waals surface area contributed by atoms with Crippen LogP contribution < -0.4 is 0 Å². The van der Waals surface area contributed by atoms with Gasteiger partial charge >= 0.3 is 0 Å². The van der Waals surface area contributed by atoms with Crippen LogP contribution in [-0.4, -0.2) is 31.2 Å². The number of amides is 1. The van der Waals surface area contributed by atoms with Crippen molar-refractivity contribution in [2.75, 3.05) is 14.1 Å². The Morgan fingerprint density at radius 3 is 2.80 bits per heavy atom. The third-order valence-electron chi connectivity index (χ3n) is 1.56. The van der Waals surface area contributed by atoms with Crippen LogP contribution in [0.15, 0.2) is 27.7 Å². The van der Waals surface area contributed by atoms with E-state index in [9.17, 15) is 9.18 Å². The first-order valence-corrected chi connectivity index (χ1v) is 5.00. The third-order valence-corrected chi connectivity index (χ3v) is 2.26. The highest BCUT2D eigenvalue weighted by atomic mass is 79.9. The Morgan fingerprint density at radius 1 is 1.53 bits per heavy atom. The molecule has 0 N–H and O–H groups in total. The van der Waals surface area contributed by atoms with Crippen molar-refractivity contribution in [2.45, 2.75) is 0 Å². The fraction of sp³-hybridized carbons (Fsp3) is 0.200. The zero-order valence-electron chi connectivity index (χ0n) is 8.37. The van der Waals surface area contributed by atoms with E-state index in [-0.39, 0.29) is 5.56 Å². The van der Waals surface area contributed by atoms with Crippen LogP contribution in [-0.2, 0) is 0 Å². The standard InChI is InChI=1S/C10H10BrFN2O/c1-14(2)6-13-10(15)8-5-7(12)3-4-9(8)11/h3-6H,1-2H3/b13-6+. The predicted octanol–water partition coefficient (Wildman–Crippen LogP) is 2.32. The van der Waals surface area contributed by atoms with Crippen molar-refractivity contribution >= 4 is 28.2 Å². The number of nitrogens with zero attached hydrogens (tertiary/aromatic N) is 2. The van der Waals surface area contributed by atoms with Gasteiger partial charge in [-0.15, -0.1) is 0 Å². The molecule has 0 bridgehead atoms. The number of carbonyl (C=O) groups excluding carboxylic acids is 1. The summed E-state index contributed by atoms with van der Waals surface area (Å²) in [4.78, 5) is 16.8. The summed E-state index contributed by atoms with van der Waals surface area (Å²) >= 11 is 3.16. The Bertz CT molecular complexity index is 404. The van der Waals surface area contributed by atoms with Gasteiger partial charge in [-0.25, -0.2) is 4.39 Å². The van der Waals surface area contributed by atoms with Crippen LogP contribution in [0, 0.1) is 5.82 Å². The monoisotopic (exact) mass is 272 g/mol. The Kier molecular flexibility index (Phi) is 3.96. The van der Waals surface area contributed by atoms with Crippen LogP contribution in [0.4, 0.5) is 4.39 Å². The van der Waals surface area contributed by atoms with Crippen LogP contribution in [0.2, 0.25) is 0 Å². The van der Waals surface area contributed by atoms with Crippen molar-refractivity contribution in [3.8, 4) is 0 Å². The van der Waals surface area contributed by atoms with Gasteiger partial charge in [0.1, 0.15) is 5.82 Å². The number of hydrogen-bond donors (Lipinski definition) is 0. The van der Waals surface area contributed by atoms with Crippen LogP contribution >= 0.6 is 15.9 Å². The zero-order chi connectivity index (χ0) is 11.4. The van der Waals surface area contributed by atoms with Crippen LogP contribution in [0.3, 0.4) is 0 Å². The van der Waals surface area contributed by atoms with Crippen molar-refractivity contribution in [1.29, 1.82) is 0 Å². The average molecular weight is 273 g/mol. The van der Waals surface area contributed by atoms with Crippen molar-refractivity contribution in [2.24, 2.45) is 4.99 Å². The molecule has 5 heteroatoms. The molecule has 0 atom stereocenters. The van der Waals surface area contributed by atoms with Crippen LogP contribution in [0.5, 0.6) is 0 Å². The molecule has 0 radical (unpaired) electrons. The average Bonchev–Trinajstić information content (AvgIpc) is 2.18. The summed E-state index contributed by atoms with van der Waals surface area (Å²) in [7, 11) is 3.49. The van der Waals surface area contributed by atoms with Crippen molar-refractivity contribution in [3.05, 3.63) is 34.1 Å². The molecule has 0 unspecified atom stereocenters. The first-order chi connectivity index (χ1) is 7.00. The van der Waals surface area contributed by atoms with Gasteiger partial charge in [0.2, 0.25) is 0 Å². The molecular formula is C10H10BrFN2O. The van der Waals surface area contributed by atoms with Gasteiger partial charge in [0, 0.05) is 18.6 Å². The number of rotatable bonds is 2. The molecule has 0 heterocycles. The van der Waals surface area contributed by atoms with Gasteiger partial charge in [-0.3, -0.25) is 4.79 Å². The van der Waals surface area contributed by atoms with E-state index in [1.807, 2.05) is 0 Å². The normalized spacial score (nSPS) is 10.7. The highest BCUT2D eigenvalue weighted by Gasteiger charge is 2.09. The smallest absolute Gasteiger partial charge is 0.279 e. The summed E-state index contributed by atoms with van der Waals surface area (Å²) in [6.45, 7) is 0.